The molecule has 1 atom stereocenters. The Morgan fingerprint density at radius 2 is 1.94 bits per heavy atom. The molecule has 88 valence electrons. The minimum absolute atomic E-state index is 0.0611. The summed E-state index contributed by atoms with van der Waals surface area (Å²) in [6.45, 7) is 7.41. The van der Waals surface area contributed by atoms with Crippen LogP contribution in [0.25, 0.3) is 0 Å². The third kappa shape index (κ3) is 2.83. The summed E-state index contributed by atoms with van der Waals surface area (Å²) in [4.78, 5) is 11.1. The van der Waals surface area contributed by atoms with Gasteiger partial charge in [-0.3, -0.25) is 4.79 Å². The third-order valence-electron chi connectivity index (χ3n) is 2.80. The van der Waals surface area contributed by atoms with Crippen LogP contribution in [0, 0.1) is 6.92 Å². The van der Waals surface area contributed by atoms with Crippen LogP contribution in [-0.2, 0) is 4.79 Å². The quantitative estimate of drug-likeness (QED) is 0.817. The van der Waals surface area contributed by atoms with Crippen LogP contribution >= 0.6 is 0 Å². The van der Waals surface area contributed by atoms with Crippen molar-refractivity contribution in [3.8, 4) is 0 Å². The maximum Gasteiger partial charge on any atom is 0.217 e. The lowest BCUT2D eigenvalue weighted by Gasteiger charge is -2.33. The zero-order valence-electron chi connectivity index (χ0n) is 10.4. The first kappa shape index (κ1) is 12.7. The molecule has 1 aromatic rings. The Balaban J connectivity index is 2.97. The second kappa shape index (κ2) is 4.66. The van der Waals surface area contributed by atoms with E-state index in [0.29, 0.717) is 0 Å². The molecule has 0 aliphatic carbocycles. The van der Waals surface area contributed by atoms with Crippen LogP contribution in [0.5, 0.6) is 0 Å². The van der Waals surface area contributed by atoms with Gasteiger partial charge in [-0.25, -0.2) is 0 Å². The number of rotatable bonds is 3. The van der Waals surface area contributed by atoms with Crippen molar-refractivity contribution in [2.45, 2.75) is 39.3 Å². The van der Waals surface area contributed by atoms with Crippen molar-refractivity contribution >= 4 is 5.91 Å². The van der Waals surface area contributed by atoms with Gasteiger partial charge in [0.2, 0.25) is 5.91 Å². The molecule has 1 aromatic carbocycles. The van der Waals surface area contributed by atoms with Gasteiger partial charge in [-0.05, 0) is 31.9 Å². The van der Waals surface area contributed by atoms with Gasteiger partial charge in [-0.2, -0.15) is 0 Å². The minimum Gasteiger partial charge on any atom is -0.350 e. The summed E-state index contributed by atoms with van der Waals surface area (Å²) in [5.41, 5.74) is 7.98. The highest BCUT2D eigenvalue weighted by Crippen LogP contribution is 2.25. The average Bonchev–Trinajstić information content (AvgIpc) is 2.15. The van der Waals surface area contributed by atoms with Crippen molar-refractivity contribution < 1.29 is 4.79 Å². The first-order valence-electron chi connectivity index (χ1n) is 5.44. The van der Waals surface area contributed by atoms with Crippen LogP contribution in [0.4, 0.5) is 0 Å². The first-order valence-corrected chi connectivity index (χ1v) is 5.44. The van der Waals surface area contributed by atoms with E-state index < -0.39 is 5.54 Å². The maximum atomic E-state index is 11.1. The number of hydrogen-bond donors (Lipinski definition) is 2. The molecule has 1 amide bonds. The fourth-order valence-corrected chi connectivity index (χ4v) is 1.86. The highest BCUT2D eigenvalue weighted by atomic mass is 16.1. The van der Waals surface area contributed by atoms with E-state index in [-0.39, 0.29) is 11.9 Å². The minimum atomic E-state index is -0.446. The first-order chi connectivity index (χ1) is 7.34. The second-order valence-electron chi connectivity index (χ2n) is 4.74. The third-order valence-corrected chi connectivity index (χ3v) is 2.80. The second-order valence-corrected chi connectivity index (χ2v) is 4.74. The largest absolute Gasteiger partial charge is 0.350 e. The van der Waals surface area contributed by atoms with Crippen LogP contribution in [0.1, 0.15) is 37.9 Å². The van der Waals surface area contributed by atoms with Crippen LogP contribution in [0.15, 0.2) is 24.3 Å². The van der Waals surface area contributed by atoms with Crippen molar-refractivity contribution in [2.75, 3.05) is 0 Å². The molecule has 0 bridgehead atoms. The van der Waals surface area contributed by atoms with E-state index >= 15 is 0 Å². The number of hydrogen-bond acceptors (Lipinski definition) is 2. The molecule has 1 rings (SSSR count). The van der Waals surface area contributed by atoms with Gasteiger partial charge in [0, 0.05) is 6.92 Å². The molecule has 3 nitrogen and oxygen atoms in total. The molecule has 0 fully saturated rings. The number of carbonyl (C=O) groups excluding carboxylic acids is 1. The van der Waals surface area contributed by atoms with Gasteiger partial charge in [0.1, 0.15) is 0 Å². The number of nitrogens with one attached hydrogen (secondary N) is 1. The van der Waals surface area contributed by atoms with Crippen LogP contribution in [0.2, 0.25) is 0 Å². The molecule has 3 N–H and O–H groups in total. The van der Waals surface area contributed by atoms with Crippen molar-refractivity contribution in [1.82, 2.24) is 5.32 Å². The lowest BCUT2D eigenvalue weighted by molar-refractivity contribution is -0.120. The predicted molar refractivity (Wildman–Crippen MR) is 66.0 cm³/mol. The standard InChI is InChI=1S/C13H20N2O/c1-9-7-5-6-8-11(9)12(14)13(3,4)15-10(2)16/h5-8,12H,14H2,1-4H3,(H,15,16). The number of benzene rings is 1. The van der Waals surface area contributed by atoms with Crippen LogP contribution in [0.3, 0.4) is 0 Å². The highest BCUT2D eigenvalue weighted by molar-refractivity contribution is 5.73. The number of nitrogens with two attached hydrogens (primary N) is 1. The molecule has 0 spiro atoms. The molecular formula is C13H20N2O. The molecule has 1 unspecified atom stereocenters. The van der Waals surface area contributed by atoms with E-state index in [0.717, 1.165) is 11.1 Å². The molecular weight excluding hydrogens is 200 g/mol. The molecule has 0 heterocycles. The summed E-state index contributed by atoms with van der Waals surface area (Å²) in [5.74, 6) is -0.0611. The Morgan fingerprint density at radius 3 is 2.44 bits per heavy atom. The maximum absolute atomic E-state index is 11.1. The zero-order valence-corrected chi connectivity index (χ0v) is 10.4. The number of amides is 1. The van der Waals surface area contributed by atoms with Crippen LogP contribution < -0.4 is 11.1 Å². The Hall–Kier alpha value is -1.35. The van der Waals surface area contributed by atoms with Crippen LogP contribution in [-0.4, -0.2) is 11.4 Å². The van der Waals surface area contributed by atoms with Gasteiger partial charge in [-0.1, -0.05) is 24.3 Å². The van der Waals surface area contributed by atoms with E-state index in [2.05, 4.69) is 5.32 Å². The van der Waals surface area contributed by atoms with Crippen molar-refractivity contribution in [3.05, 3.63) is 35.4 Å². The van der Waals surface area contributed by atoms with Gasteiger partial charge < -0.3 is 11.1 Å². The van der Waals surface area contributed by atoms with Crippen molar-refractivity contribution in [3.63, 3.8) is 0 Å². The summed E-state index contributed by atoms with van der Waals surface area (Å²) in [5, 5.41) is 2.88. The molecule has 0 saturated heterocycles. The van der Waals surface area contributed by atoms with E-state index in [1.165, 1.54) is 6.92 Å². The monoisotopic (exact) mass is 220 g/mol. The lowest BCUT2D eigenvalue weighted by Crippen LogP contribution is -2.50. The normalized spacial score (nSPS) is 13.3. The van der Waals surface area contributed by atoms with E-state index in [9.17, 15) is 4.79 Å². The fourth-order valence-electron chi connectivity index (χ4n) is 1.86. The summed E-state index contributed by atoms with van der Waals surface area (Å²) in [6.07, 6.45) is 0. The van der Waals surface area contributed by atoms with Gasteiger partial charge in [-0.15, -0.1) is 0 Å². The van der Waals surface area contributed by atoms with Crippen molar-refractivity contribution in [1.29, 1.82) is 0 Å². The summed E-state index contributed by atoms with van der Waals surface area (Å²) < 4.78 is 0. The van der Waals surface area contributed by atoms with Gasteiger partial charge >= 0.3 is 0 Å². The smallest absolute Gasteiger partial charge is 0.217 e. The molecule has 0 saturated carbocycles. The Kier molecular flexibility index (Phi) is 3.70. The molecule has 0 aliphatic heterocycles. The summed E-state index contributed by atoms with van der Waals surface area (Å²) in [6, 6.07) is 7.77. The molecule has 0 radical (unpaired) electrons. The molecule has 3 heteroatoms. The molecule has 16 heavy (non-hydrogen) atoms. The SMILES string of the molecule is CC(=O)NC(C)(C)C(N)c1ccccc1C. The fraction of sp³-hybridized carbons (Fsp3) is 0.462. The zero-order chi connectivity index (χ0) is 12.3. The van der Waals surface area contributed by atoms with Gasteiger partial charge in [0.15, 0.2) is 0 Å². The van der Waals surface area contributed by atoms with Gasteiger partial charge in [0.05, 0.1) is 11.6 Å². The number of aryl methyl sites for hydroxylation is 1. The Morgan fingerprint density at radius 1 is 1.38 bits per heavy atom. The Bertz CT molecular complexity index is 385. The topological polar surface area (TPSA) is 55.1 Å². The van der Waals surface area contributed by atoms with E-state index in [1.54, 1.807) is 0 Å². The average molecular weight is 220 g/mol. The summed E-state index contributed by atoms with van der Waals surface area (Å²) in [7, 11) is 0. The molecule has 0 aromatic heterocycles. The van der Waals surface area contributed by atoms with Crippen molar-refractivity contribution in [2.24, 2.45) is 5.73 Å². The number of carbonyl (C=O) groups is 1. The van der Waals surface area contributed by atoms with E-state index in [4.69, 9.17) is 5.73 Å². The summed E-state index contributed by atoms with van der Waals surface area (Å²) >= 11 is 0. The molecule has 0 aliphatic rings. The van der Waals surface area contributed by atoms with E-state index in [1.807, 2.05) is 45.0 Å². The highest BCUT2D eigenvalue weighted by Gasteiger charge is 2.29. The lowest BCUT2D eigenvalue weighted by atomic mass is 9.87. The Labute approximate surface area is 97.0 Å². The van der Waals surface area contributed by atoms with Gasteiger partial charge in [0.25, 0.3) is 0 Å². The predicted octanol–water partition coefficient (Wildman–Crippen LogP) is 1.91.